The molecule has 2 fully saturated rings. The second-order valence-electron chi connectivity index (χ2n) is 6.33. The van der Waals surface area contributed by atoms with Crippen molar-refractivity contribution < 1.29 is 24.2 Å². The molecule has 23 heavy (non-hydrogen) atoms. The standard InChI is InChI=1S/C16H26N2O5/c1-3-5-14(19)17-7-4-6-13(17)16(22)18-10-12(23-2)8-11(18)9-15(20)21/h11-13H,3-10H2,1-2H3,(H,20,21). The first-order chi connectivity index (χ1) is 11.0. The summed E-state index contributed by atoms with van der Waals surface area (Å²) in [4.78, 5) is 39.4. The van der Waals surface area contributed by atoms with Crippen LogP contribution in [0.3, 0.4) is 0 Å². The lowest BCUT2D eigenvalue weighted by Gasteiger charge is -2.31. The Morgan fingerprint density at radius 1 is 1.26 bits per heavy atom. The van der Waals surface area contributed by atoms with Gasteiger partial charge in [0.05, 0.1) is 12.5 Å². The van der Waals surface area contributed by atoms with Gasteiger partial charge in [0.1, 0.15) is 6.04 Å². The van der Waals surface area contributed by atoms with Crippen LogP contribution in [0.15, 0.2) is 0 Å². The summed E-state index contributed by atoms with van der Waals surface area (Å²) < 4.78 is 5.31. The molecule has 7 heteroatoms. The molecule has 3 unspecified atom stereocenters. The summed E-state index contributed by atoms with van der Waals surface area (Å²) in [5.41, 5.74) is 0. The van der Waals surface area contributed by atoms with Crippen molar-refractivity contribution in [1.29, 1.82) is 0 Å². The topological polar surface area (TPSA) is 87.2 Å². The number of methoxy groups -OCH3 is 1. The van der Waals surface area contributed by atoms with Gasteiger partial charge in [-0.15, -0.1) is 0 Å². The number of carboxylic acids is 1. The number of carbonyl (C=O) groups excluding carboxylic acids is 2. The van der Waals surface area contributed by atoms with Gasteiger partial charge in [-0.05, 0) is 25.7 Å². The molecule has 2 heterocycles. The molecule has 0 aromatic carbocycles. The molecule has 3 atom stereocenters. The first kappa shape index (κ1) is 17.7. The van der Waals surface area contributed by atoms with Crippen molar-refractivity contribution >= 4 is 17.8 Å². The van der Waals surface area contributed by atoms with Crippen molar-refractivity contribution in [2.45, 2.75) is 63.6 Å². The van der Waals surface area contributed by atoms with Crippen molar-refractivity contribution in [2.75, 3.05) is 20.2 Å². The van der Waals surface area contributed by atoms with E-state index in [1.165, 1.54) is 0 Å². The van der Waals surface area contributed by atoms with Crippen LogP contribution in [0.2, 0.25) is 0 Å². The normalized spacial score (nSPS) is 27.5. The van der Waals surface area contributed by atoms with Crippen LogP contribution in [0, 0.1) is 0 Å². The van der Waals surface area contributed by atoms with Crippen LogP contribution in [0.1, 0.15) is 45.4 Å². The van der Waals surface area contributed by atoms with Gasteiger partial charge in [-0.2, -0.15) is 0 Å². The molecule has 2 saturated heterocycles. The number of hydrogen-bond donors (Lipinski definition) is 1. The van der Waals surface area contributed by atoms with Gasteiger partial charge in [-0.25, -0.2) is 0 Å². The van der Waals surface area contributed by atoms with Crippen molar-refractivity contribution in [1.82, 2.24) is 9.80 Å². The molecule has 2 amide bonds. The summed E-state index contributed by atoms with van der Waals surface area (Å²) in [7, 11) is 1.57. The number of rotatable bonds is 6. The van der Waals surface area contributed by atoms with Crippen LogP contribution < -0.4 is 0 Å². The Balaban J connectivity index is 2.10. The number of ether oxygens (including phenoxy) is 1. The van der Waals surface area contributed by atoms with Crippen LogP contribution in [-0.4, -0.2) is 71.1 Å². The molecule has 0 aromatic heterocycles. The minimum Gasteiger partial charge on any atom is -0.481 e. The van der Waals surface area contributed by atoms with E-state index in [0.29, 0.717) is 32.4 Å². The lowest BCUT2D eigenvalue weighted by atomic mass is 10.1. The molecule has 0 saturated carbocycles. The lowest BCUT2D eigenvalue weighted by Crippen LogP contribution is -2.49. The van der Waals surface area contributed by atoms with Gasteiger partial charge in [-0.1, -0.05) is 6.92 Å². The first-order valence-corrected chi connectivity index (χ1v) is 8.32. The zero-order chi connectivity index (χ0) is 17.0. The summed E-state index contributed by atoms with van der Waals surface area (Å²) in [5, 5.41) is 9.06. The quantitative estimate of drug-likeness (QED) is 0.782. The van der Waals surface area contributed by atoms with E-state index in [9.17, 15) is 14.4 Å². The largest absolute Gasteiger partial charge is 0.481 e. The van der Waals surface area contributed by atoms with Crippen LogP contribution in [0.4, 0.5) is 0 Å². The fourth-order valence-electron chi connectivity index (χ4n) is 3.58. The SMILES string of the molecule is CCCC(=O)N1CCCC1C(=O)N1CC(OC)CC1CC(=O)O. The summed E-state index contributed by atoms with van der Waals surface area (Å²) in [5.74, 6) is -1.03. The van der Waals surface area contributed by atoms with Crippen LogP contribution in [-0.2, 0) is 19.1 Å². The van der Waals surface area contributed by atoms with Gasteiger partial charge >= 0.3 is 5.97 Å². The van der Waals surface area contributed by atoms with Crippen LogP contribution in [0.5, 0.6) is 0 Å². The molecule has 0 aromatic rings. The maximum atomic E-state index is 12.9. The van der Waals surface area contributed by atoms with Gasteiger partial charge < -0.3 is 19.6 Å². The predicted octanol–water partition coefficient (Wildman–Crippen LogP) is 0.868. The zero-order valence-electron chi connectivity index (χ0n) is 13.9. The van der Waals surface area contributed by atoms with Crippen molar-refractivity contribution in [3.8, 4) is 0 Å². The number of hydrogen-bond acceptors (Lipinski definition) is 4. The van der Waals surface area contributed by atoms with E-state index in [0.717, 1.165) is 12.8 Å². The highest BCUT2D eigenvalue weighted by Crippen LogP contribution is 2.28. The van der Waals surface area contributed by atoms with Gasteiger partial charge in [0.2, 0.25) is 11.8 Å². The number of likely N-dealkylation sites (tertiary alicyclic amines) is 2. The molecule has 0 spiro atoms. The number of aliphatic carboxylic acids is 1. The van der Waals surface area contributed by atoms with Gasteiger partial charge in [0.15, 0.2) is 0 Å². The summed E-state index contributed by atoms with van der Waals surface area (Å²) in [6.07, 6.45) is 2.99. The summed E-state index contributed by atoms with van der Waals surface area (Å²) in [6.45, 7) is 2.96. The summed E-state index contributed by atoms with van der Waals surface area (Å²) in [6, 6.07) is -0.797. The van der Waals surface area contributed by atoms with Crippen molar-refractivity contribution in [3.05, 3.63) is 0 Å². The zero-order valence-corrected chi connectivity index (χ0v) is 13.9. The second-order valence-corrected chi connectivity index (χ2v) is 6.33. The van der Waals surface area contributed by atoms with E-state index in [1.54, 1.807) is 16.9 Å². The van der Waals surface area contributed by atoms with Gasteiger partial charge in [-0.3, -0.25) is 14.4 Å². The molecule has 1 N–H and O–H groups in total. The Morgan fingerprint density at radius 3 is 2.61 bits per heavy atom. The fraction of sp³-hybridized carbons (Fsp3) is 0.812. The smallest absolute Gasteiger partial charge is 0.305 e. The van der Waals surface area contributed by atoms with Crippen molar-refractivity contribution in [2.24, 2.45) is 0 Å². The van der Waals surface area contributed by atoms with E-state index in [1.807, 2.05) is 6.92 Å². The van der Waals surface area contributed by atoms with Crippen LogP contribution >= 0.6 is 0 Å². The van der Waals surface area contributed by atoms with E-state index < -0.39 is 12.0 Å². The fourth-order valence-corrected chi connectivity index (χ4v) is 3.58. The highest BCUT2D eigenvalue weighted by molar-refractivity contribution is 5.89. The minimum atomic E-state index is -0.921. The van der Waals surface area contributed by atoms with E-state index in [4.69, 9.17) is 9.84 Å². The van der Waals surface area contributed by atoms with Gasteiger partial charge in [0, 0.05) is 32.7 Å². The lowest BCUT2D eigenvalue weighted by molar-refractivity contribution is -0.146. The Bertz CT molecular complexity index is 467. The predicted molar refractivity (Wildman–Crippen MR) is 82.8 cm³/mol. The summed E-state index contributed by atoms with van der Waals surface area (Å²) >= 11 is 0. The Hall–Kier alpha value is -1.63. The minimum absolute atomic E-state index is 0.0145. The van der Waals surface area contributed by atoms with E-state index in [2.05, 4.69) is 0 Å². The average Bonchev–Trinajstić information content (AvgIpc) is 3.12. The highest BCUT2D eigenvalue weighted by Gasteiger charge is 2.42. The average molecular weight is 326 g/mol. The molecule has 2 aliphatic heterocycles. The molecule has 0 bridgehead atoms. The third kappa shape index (κ3) is 4.02. The molecule has 2 rings (SSSR count). The molecule has 2 aliphatic rings. The molecular weight excluding hydrogens is 300 g/mol. The molecule has 130 valence electrons. The number of carboxylic acid groups (broad SMARTS) is 1. The van der Waals surface area contributed by atoms with Gasteiger partial charge in [0.25, 0.3) is 0 Å². The Morgan fingerprint density at radius 2 is 2.00 bits per heavy atom. The monoisotopic (exact) mass is 326 g/mol. The molecule has 0 aliphatic carbocycles. The van der Waals surface area contributed by atoms with E-state index in [-0.39, 0.29) is 30.4 Å². The van der Waals surface area contributed by atoms with Crippen molar-refractivity contribution in [3.63, 3.8) is 0 Å². The highest BCUT2D eigenvalue weighted by atomic mass is 16.5. The third-order valence-corrected chi connectivity index (χ3v) is 4.72. The number of amides is 2. The molecule has 0 radical (unpaired) electrons. The maximum Gasteiger partial charge on any atom is 0.305 e. The maximum absolute atomic E-state index is 12.9. The third-order valence-electron chi connectivity index (χ3n) is 4.72. The molecule has 7 nitrogen and oxygen atoms in total. The first-order valence-electron chi connectivity index (χ1n) is 8.32. The number of carbonyl (C=O) groups is 3. The Labute approximate surface area is 136 Å². The Kier molecular flexibility index (Phi) is 5.98. The number of nitrogens with zero attached hydrogens (tertiary/aromatic N) is 2. The molecular formula is C16H26N2O5. The van der Waals surface area contributed by atoms with E-state index >= 15 is 0 Å². The second kappa shape index (κ2) is 7.77. The van der Waals surface area contributed by atoms with Crippen LogP contribution in [0.25, 0.3) is 0 Å².